The maximum atomic E-state index is 12.0. The molecule has 1 aliphatic carbocycles. The standard InChI is InChI=1S/C9H12F3NO3/c10-9(11,12)8(16)13-6-4-2-1-3-5(6)7(14)15/h5-6H,1-4H2,(H,13,16)(H,14,15)/t5-,6-/m0/s1. The van der Waals surface area contributed by atoms with Crippen LogP contribution in [0.3, 0.4) is 0 Å². The average Bonchev–Trinajstić information content (AvgIpc) is 2.16. The molecule has 1 fully saturated rings. The number of rotatable bonds is 2. The van der Waals surface area contributed by atoms with Crippen LogP contribution in [0.2, 0.25) is 0 Å². The summed E-state index contributed by atoms with van der Waals surface area (Å²) >= 11 is 0. The number of hydrogen-bond donors (Lipinski definition) is 2. The molecule has 0 radical (unpaired) electrons. The van der Waals surface area contributed by atoms with Gasteiger partial charge in [-0.1, -0.05) is 12.8 Å². The SMILES string of the molecule is O=C(O)[C@H]1CCCC[C@@H]1NC(=O)C(F)(F)F. The van der Waals surface area contributed by atoms with Crippen molar-refractivity contribution < 1.29 is 27.9 Å². The summed E-state index contributed by atoms with van der Waals surface area (Å²) in [4.78, 5) is 21.4. The molecule has 1 aliphatic rings. The van der Waals surface area contributed by atoms with E-state index in [-0.39, 0.29) is 6.42 Å². The van der Waals surface area contributed by atoms with Crippen molar-refractivity contribution >= 4 is 11.9 Å². The third-order valence-electron chi connectivity index (χ3n) is 2.66. The Morgan fingerprint density at radius 2 is 1.75 bits per heavy atom. The van der Waals surface area contributed by atoms with Crippen LogP contribution < -0.4 is 5.32 Å². The number of carboxylic acids is 1. The van der Waals surface area contributed by atoms with E-state index >= 15 is 0 Å². The van der Waals surface area contributed by atoms with Crippen LogP contribution in [0, 0.1) is 5.92 Å². The monoisotopic (exact) mass is 239 g/mol. The van der Waals surface area contributed by atoms with Crippen molar-refractivity contribution in [1.29, 1.82) is 0 Å². The first-order chi connectivity index (χ1) is 7.32. The molecule has 0 saturated heterocycles. The molecule has 0 aromatic carbocycles. The molecule has 1 saturated carbocycles. The summed E-state index contributed by atoms with van der Waals surface area (Å²) in [5.41, 5.74) is 0. The van der Waals surface area contributed by atoms with E-state index < -0.39 is 30.0 Å². The normalized spacial score (nSPS) is 26.2. The van der Waals surface area contributed by atoms with Gasteiger partial charge in [0.15, 0.2) is 0 Å². The van der Waals surface area contributed by atoms with E-state index in [1.807, 2.05) is 0 Å². The first-order valence-electron chi connectivity index (χ1n) is 4.93. The highest BCUT2D eigenvalue weighted by atomic mass is 19.4. The molecule has 7 heteroatoms. The minimum absolute atomic E-state index is 0.277. The van der Waals surface area contributed by atoms with Crippen LogP contribution in [-0.4, -0.2) is 29.2 Å². The Hall–Kier alpha value is -1.27. The van der Waals surface area contributed by atoms with E-state index in [1.165, 1.54) is 0 Å². The zero-order chi connectivity index (χ0) is 12.3. The number of nitrogens with one attached hydrogen (secondary N) is 1. The summed E-state index contributed by atoms with van der Waals surface area (Å²) in [7, 11) is 0. The Morgan fingerprint density at radius 1 is 1.19 bits per heavy atom. The van der Waals surface area contributed by atoms with Crippen molar-refractivity contribution in [2.24, 2.45) is 5.92 Å². The van der Waals surface area contributed by atoms with E-state index in [4.69, 9.17) is 5.11 Å². The largest absolute Gasteiger partial charge is 0.481 e. The molecule has 0 spiro atoms. The molecule has 0 aromatic heterocycles. The van der Waals surface area contributed by atoms with Crippen LogP contribution in [0.1, 0.15) is 25.7 Å². The smallest absolute Gasteiger partial charge is 0.471 e. The van der Waals surface area contributed by atoms with Crippen molar-refractivity contribution in [2.75, 3.05) is 0 Å². The fraction of sp³-hybridized carbons (Fsp3) is 0.778. The molecule has 0 bridgehead atoms. The second kappa shape index (κ2) is 4.71. The van der Waals surface area contributed by atoms with Gasteiger partial charge in [-0.05, 0) is 12.8 Å². The van der Waals surface area contributed by atoms with Gasteiger partial charge in [0.1, 0.15) is 0 Å². The molecule has 2 N–H and O–H groups in total. The lowest BCUT2D eigenvalue weighted by Gasteiger charge is -2.29. The first-order valence-corrected chi connectivity index (χ1v) is 4.93. The third-order valence-corrected chi connectivity index (χ3v) is 2.66. The molecule has 92 valence electrons. The van der Waals surface area contributed by atoms with Crippen LogP contribution in [0.25, 0.3) is 0 Å². The van der Waals surface area contributed by atoms with Crippen LogP contribution in [0.15, 0.2) is 0 Å². The Labute approximate surface area is 89.8 Å². The van der Waals surface area contributed by atoms with Crippen LogP contribution >= 0.6 is 0 Å². The number of alkyl halides is 3. The van der Waals surface area contributed by atoms with E-state index in [0.717, 1.165) is 0 Å². The van der Waals surface area contributed by atoms with Crippen molar-refractivity contribution in [3.05, 3.63) is 0 Å². The maximum Gasteiger partial charge on any atom is 0.471 e. The Bertz CT molecular complexity index is 290. The summed E-state index contributed by atoms with van der Waals surface area (Å²) in [5.74, 6) is -4.14. The van der Waals surface area contributed by atoms with E-state index in [1.54, 1.807) is 5.32 Å². The first kappa shape index (κ1) is 12.8. The molecule has 4 nitrogen and oxygen atoms in total. The van der Waals surface area contributed by atoms with Gasteiger partial charge in [0.05, 0.1) is 5.92 Å². The van der Waals surface area contributed by atoms with Crippen LogP contribution in [0.4, 0.5) is 13.2 Å². The molecule has 1 amide bonds. The highest BCUT2D eigenvalue weighted by Crippen LogP contribution is 2.26. The van der Waals surface area contributed by atoms with Gasteiger partial charge in [-0.2, -0.15) is 13.2 Å². The molecular weight excluding hydrogens is 227 g/mol. The molecule has 0 aromatic rings. The Morgan fingerprint density at radius 3 is 2.25 bits per heavy atom. The summed E-state index contributed by atoms with van der Waals surface area (Å²) in [6.45, 7) is 0. The van der Waals surface area contributed by atoms with Crippen molar-refractivity contribution in [2.45, 2.75) is 37.9 Å². The molecule has 0 aliphatic heterocycles. The number of amides is 1. The van der Waals surface area contributed by atoms with Gasteiger partial charge in [-0.15, -0.1) is 0 Å². The lowest BCUT2D eigenvalue weighted by Crippen LogP contribution is -2.49. The molecule has 0 unspecified atom stereocenters. The van der Waals surface area contributed by atoms with Gasteiger partial charge in [0.2, 0.25) is 0 Å². The number of aliphatic carboxylic acids is 1. The highest BCUT2D eigenvalue weighted by molar-refractivity contribution is 5.83. The average molecular weight is 239 g/mol. The minimum Gasteiger partial charge on any atom is -0.481 e. The predicted molar refractivity (Wildman–Crippen MR) is 47.6 cm³/mol. The molecular formula is C9H12F3NO3. The molecule has 2 atom stereocenters. The Kier molecular flexibility index (Phi) is 3.77. The van der Waals surface area contributed by atoms with E-state index in [0.29, 0.717) is 19.3 Å². The molecule has 0 heterocycles. The number of hydrogen-bond acceptors (Lipinski definition) is 2. The van der Waals surface area contributed by atoms with E-state index in [9.17, 15) is 22.8 Å². The van der Waals surface area contributed by atoms with Gasteiger partial charge in [0, 0.05) is 6.04 Å². The highest BCUT2D eigenvalue weighted by Gasteiger charge is 2.42. The van der Waals surface area contributed by atoms with Crippen molar-refractivity contribution in [3.8, 4) is 0 Å². The minimum atomic E-state index is -4.96. The van der Waals surface area contributed by atoms with Crippen molar-refractivity contribution in [3.63, 3.8) is 0 Å². The van der Waals surface area contributed by atoms with Gasteiger partial charge < -0.3 is 10.4 Å². The fourth-order valence-corrected chi connectivity index (χ4v) is 1.85. The lowest BCUT2D eigenvalue weighted by molar-refractivity contribution is -0.175. The zero-order valence-corrected chi connectivity index (χ0v) is 8.38. The lowest BCUT2D eigenvalue weighted by atomic mass is 9.84. The van der Waals surface area contributed by atoms with E-state index in [2.05, 4.69) is 0 Å². The molecule has 1 rings (SSSR count). The molecule has 16 heavy (non-hydrogen) atoms. The quantitative estimate of drug-likeness (QED) is 0.763. The second-order valence-corrected chi connectivity index (χ2v) is 3.81. The van der Waals surface area contributed by atoms with Gasteiger partial charge in [0.25, 0.3) is 0 Å². The van der Waals surface area contributed by atoms with Crippen LogP contribution in [-0.2, 0) is 9.59 Å². The summed E-state index contributed by atoms with van der Waals surface area (Å²) in [6, 6.07) is -0.916. The van der Waals surface area contributed by atoms with Crippen LogP contribution in [0.5, 0.6) is 0 Å². The number of carbonyl (C=O) groups excluding carboxylic acids is 1. The summed E-state index contributed by atoms with van der Waals surface area (Å²) in [6.07, 6.45) is -3.08. The number of halogens is 3. The predicted octanol–water partition coefficient (Wildman–Crippen LogP) is 1.31. The summed E-state index contributed by atoms with van der Waals surface area (Å²) < 4.78 is 35.9. The van der Waals surface area contributed by atoms with Gasteiger partial charge >= 0.3 is 18.1 Å². The third kappa shape index (κ3) is 3.11. The summed E-state index contributed by atoms with van der Waals surface area (Å²) in [5, 5.41) is 10.5. The second-order valence-electron chi connectivity index (χ2n) is 3.81. The number of carbonyl (C=O) groups is 2. The maximum absolute atomic E-state index is 12.0. The topological polar surface area (TPSA) is 66.4 Å². The zero-order valence-electron chi connectivity index (χ0n) is 8.38. The van der Waals surface area contributed by atoms with Gasteiger partial charge in [-0.25, -0.2) is 0 Å². The number of carboxylic acid groups (broad SMARTS) is 1. The Balaban J connectivity index is 2.63. The van der Waals surface area contributed by atoms with Crippen molar-refractivity contribution in [1.82, 2.24) is 5.32 Å². The fourth-order valence-electron chi connectivity index (χ4n) is 1.85. The van der Waals surface area contributed by atoms with Gasteiger partial charge in [-0.3, -0.25) is 9.59 Å².